The van der Waals surface area contributed by atoms with Gasteiger partial charge in [0.05, 0.1) is 6.04 Å². The third-order valence-corrected chi connectivity index (χ3v) is 2.36. The second kappa shape index (κ2) is 4.09. The predicted octanol–water partition coefficient (Wildman–Crippen LogP) is 2.39. The van der Waals surface area contributed by atoms with Gasteiger partial charge in [0.15, 0.2) is 5.78 Å². The Hall–Kier alpha value is -1.57. The lowest BCUT2D eigenvalue weighted by Crippen LogP contribution is -2.29. The van der Waals surface area contributed by atoms with Gasteiger partial charge in [-0.25, -0.2) is 0 Å². The first-order chi connectivity index (χ1) is 6.86. The SMILES string of the molecule is O=C1C=CCC[C@@H]1Nc1ccccc1. The Morgan fingerprint density at radius 3 is 2.71 bits per heavy atom. The van der Waals surface area contributed by atoms with E-state index in [2.05, 4.69) is 5.32 Å². The number of hydrogen-bond acceptors (Lipinski definition) is 2. The van der Waals surface area contributed by atoms with Gasteiger partial charge < -0.3 is 5.32 Å². The molecule has 1 N–H and O–H groups in total. The zero-order valence-electron chi connectivity index (χ0n) is 7.94. The zero-order chi connectivity index (χ0) is 9.80. The number of ketones is 1. The molecule has 0 saturated carbocycles. The Kier molecular flexibility index (Phi) is 2.63. The van der Waals surface area contributed by atoms with Gasteiger partial charge in [0.2, 0.25) is 0 Å². The number of allylic oxidation sites excluding steroid dienone is 1. The molecule has 1 aliphatic rings. The van der Waals surface area contributed by atoms with Gasteiger partial charge >= 0.3 is 0 Å². The van der Waals surface area contributed by atoms with Crippen LogP contribution in [0.5, 0.6) is 0 Å². The number of rotatable bonds is 2. The van der Waals surface area contributed by atoms with Crippen LogP contribution in [-0.2, 0) is 4.79 Å². The fourth-order valence-corrected chi connectivity index (χ4v) is 1.60. The number of para-hydroxylation sites is 1. The van der Waals surface area contributed by atoms with Crippen LogP contribution in [0, 0.1) is 0 Å². The minimum atomic E-state index is -0.0394. The molecule has 0 fully saturated rings. The second-order valence-electron chi connectivity index (χ2n) is 3.45. The van der Waals surface area contributed by atoms with E-state index < -0.39 is 0 Å². The average molecular weight is 187 g/mol. The lowest BCUT2D eigenvalue weighted by Gasteiger charge is -2.19. The Bertz CT molecular complexity index is 343. The molecule has 0 aliphatic heterocycles. The van der Waals surface area contributed by atoms with Crippen molar-refractivity contribution in [1.82, 2.24) is 0 Å². The van der Waals surface area contributed by atoms with E-state index in [-0.39, 0.29) is 11.8 Å². The highest BCUT2D eigenvalue weighted by molar-refractivity contribution is 5.96. The van der Waals surface area contributed by atoms with Crippen molar-refractivity contribution in [2.45, 2.75) is 18.9 Å². The van der Waals surface area contributed by atoms with Crippen LogP contribution in [0.1, 0.15) is 12.8 Å². The Labute approximate surface area is 83.6 Å². The average Bonchev–Trinajstić information content (AvgIpc) is 2.23. The summed E-state index contributed by atoms with van der Waals surface area (Å²) >= 11 is 0. The lowest BCUT2D eigenvalue weighted by molar-refractivity contribution is -0.115. The highest BCUT2D eigenvalue weighted by atomic mass is 16.1. The van der Waals surface area contributed by atoms with Crippen molar-refractivity contribution in [3.05, 3.63) is 42.5 Å². The van der Waals surface area contributed by atoms with Crippen molar-refractivity contribution < 1.29 is 4.79 Å². The molecule has 0 radical (unpaired) electrons. The molecule has 0 amide bonds. The highest BCUT2D eigenvalue weighted by Gasteiger charge is 2.17. The minimum Gasteiger partial charge on any atom is -0.375 e. The van der Waals surface area contributed by atoms with Gasteiger partial charge in [0.25, 0.3) is 0 Å². The fraction of sp³-hybridized carbons (Fsp3) is 0.250. The van der Waals surface area contributed by atoms with Crippen LogP contribution in [0.15, 0.2) is 42.5 Å². The van der Waals surface area contributed by atoms with E-state index in [4.69, 9.17) is 0 Å². The quantitative estimate of drug-likeness (QED) is 0.770. The standard InChI is InChI=1S/C12H13NO/c14-12-9-5-4-8-11(12)13-10-6-2-1-3-7-10/h1-3,5-7,9,11,13H,4,8H2/t11-/m0/s1. The number of hydrogen-bond donors (Lipinski definition) is 1. The summed E-state index contributed by atoms with van der Waals surface area (Å²) in [6.07, 6.45) is 5.48. The summed E-state index contributed by atoms with van der Waals surface area (Å²) in [6, 6.07) is 9.81. The van der Waals surface area contributed by atoms with Crippen molar-refractivity contribution in [2.75, 3.05) is 5.32 Å². The lowest BCUT2D eigenvalue weighted by atomic mass is 10.0. The van der Waals surface area contributed by atoms with Gasteiger partial charge in [0.1, 0.15) is 0 Å². The van der Waals surface area contributed by atoms with Crippen LogP contribution in [0.2, 0.25) is 0 Å². The van der Waals surface area contributed by atoms with Crippen LogP contribution >= 0.6 is 0 Å². The van der Waals surface area contributed by atoms with Crippen LogP contribution < -0.4 is 5.32 Å². The van der Waals surface area contributed by atoms with E-state index in [9.17, 15) is 4.79 Å². The number of carbonyl (C=O) groups excluding carboxylic acids is 1. The summed E-state index contributed by atoms with van der Waals surface area (Å²) in [4.78, 5) is 11.4. The van der Waals surface area contributed by atoms with Gasteiger partial charge in [-0.15, -0.1) is 0 Å². The monoisotopic (exact) mass is 187 g/mol. The normalized spacial score (nSPS) is 20.9. The number of carbonyl (C=O) groups is 1. The van der Waals surface area contributed by atoms with E-state index in [1.54, 1.807) is 6.08 Å². The molecule has 0 heterocycles. The van der Waals surface area contributed by atoms with Crippen molar-refractivity contribution in [3.63, 3.8) is 0 Å². The Morgan fingerprint density at radius 1 is 1.21 bits per heavy atom. The van der Waals surface area contributed by atoms with Gasteiger partial charge in [-0.1, -0.05) is 24.3 Å². The van der Waals surface area contributed by atoms with E-state index in [1.165, 1.54) is 0 Å². The molecule has 1 atom stereocenters. The Balaban J connectivity index is 2.04. The maximum Gasteiger partial charge on any atom is 0.177 e. The van der Waals surface area contributed by atoms with Crippen molar-refractivity contribution >= 4 is 11.5 Å². The molecule has 2 heteroatoms. The molecule has 1 aromatic rings. The molecule has 2 nitrogen and oxygen atoms in total. The van der Waals surface area contributed by atoms with E-state index in [0.29, 0.717) is 0 Å². The molecule has 14 heavy (non-hydrogen) atoms. The van der Waals surface area contributed by atoms with Crippen LogP contribution in [-0.4, -0.2) is 11.8 Å². The van der Waals surface area contributed by atoms with Crippen molar-refractivity contribution in [3.8, 4) is 0 Å². The maximum absolute atomic E-state index is 11.4. The molecule has 2 rings (SSSR count). The third-order valence-electron chi connectivity index (χ3n) is 2.36. The molecule has 0 saturated heterocycles. The zero-order valence-corrected chi connectivity index (χ0v) is 7.94. The summed E-state index contributed by atoms with van der Waals surface area (Å²) in [5, 5.41) is 3.23. The molecular weight excluding hydrogens is 174 g/mol. The molecular formula is C12H13NO. The fourth-order valence-electron chi connectivity index (χ4n) is 1.60. The first-order valence-electron chi connectivity index (χ1n) is 4.88. The van der Waals surface area contributed by atoms with E-state index >= 15 is 0 Å². The highest BCUT2D eigenvalue weighted by Crippen LogP contribution is 2.14. The summed E-state index contributed by atoms with van der Waals surface area (Å²) in [7, 11) is 0. The largest absolute Gasteiger partial charge is 0.375 e. The molecule has 0 spiro atoms. The summed E-state index contributed by atoms with van der Waals surface area (Å²) in [5.74, 6) is 0.181. The second-order valence-corrected chi connectivity index (χ2v) is 3.45. The first kappa shape index (κ1) is 9.00. The molecule has 0 bridgehead atoms. The molecule has 0 unspecified atom stereocenters. The number of anilines is 1. The first-order valence-corrected chi connectivity index (χ1v) is 4.88. The molecule has 0 aromatic heterocycles. The summed E-state index contributed by atoms with van der Waals surface area (Å²) in [6.45, 7) is 0. The molecule has 1 aliphatic carbocycles. The van der Waals surface area contributed by atoms with Crippen LogP contribution in [0.3, 0.4) is 0 Å². The minimum absolute atomic E-state index is 0.0394. The summed E-state index contributed by atoms with van der Waals surface area (Å²) < 4.78 is 0. The maximum atomic E-state index is 11.4. The number of benzene rings is 1. The van der Waals surface area contributed by atoms with E-state index in [0.717, 1.165) is 18.5 Å². The predicted molar refractivity (Wildman–Crippen MR) is 57.2 cm³/mol. The number of nitrogens with one attached hydrogen (secondary N) is 1. The van der Waals surface area contributed by atoms with Crippen molar-refractivity contribution in [2.24, 2.45) is 0 Å². The smallest absolute Gasteiger partial charge is 0.177 e. The topological polar surface area (TPSA) is 29.1 Å². The van der Waals surface area contributed by atoms with Gasteiger partial charge in [-0.05, 0) is 31.1 Å². The van der Waals surface area contributed by atoms with Crippen LogP contribution in [0.4, 0.5) is 5.69 Å². The van der Waals surface area contributed by atoms with Crippen LogP contribution in [0.25, 0.3) is 0 Å². The Morgan fingerprint density at radius 2 is 2.00 bits per heavy atom. The van der Waals surface area contributed by atoms with Gasteiger partial charge in [-0.2, -0.15) is 0 Å². The summed E-state index contributed by atoms with van der Waals surface area (Å²) in [5.41, 5.74) is 1.01. The molecule has 72 valence electrons. The molecule has 1 aromatic carbocycles. The van der Waals surface area contributed by atoms with Crippen molar-refractivity contribution in [1.29, 1.82) is 0 Å². The van der Waals surface area contributed by atoms with Gasteiger partial charge in [0, 0.05) is 5.69 Å². The van der Waals surface area contributed by atoms with Gasteiger partial charge in [-0.3, -0.25) is 4.79 Å². The van der Waals surface area contributed by atoms with E-state index in [1.807, 2.05) is 36.4 Å². The third kappa shape index (κ3) is 2.02.